The molecule has 4 rings (SSSR count). The van der Waals surface area contributed by atoms with Gasteiger partial charge in [-0.2, -0.15) is 0 Å². The molecule has 2 atom stereocenters. The van der Waals surface area contributed by atoms with Crippen LogP contribution < -0.4 is 14.8 Å². The number of nitrogens with one attached hydrogen (secondary N) is 1. The number of carbonyl (C=O) groups is 1. The van der Waals surface area contributed by atoms with Gasteiger partial charge in [0.25, 0.3) is 0 Å². The lowest BCUT2D eigenvalue weighted by Crippen LogP contribution is -2.46. The zero-order valence-electron chi connectivity index (χ0n) is 18.5. The molecule has 5 nitrogen and oxygen atoms in total. The minimum atomic E-state index is -0.360. The number of fused-ring (bicyclic) bond motifs is 1. The Kier molecular flexibility index (Phi) is 6.19. The van der Waals surface area contributed by atoms with Crippen molar-refractivity contribution < 1.29 is 18.7 Å². The van der Waals surface area contributed by atoms with E-state index in [1.54, 1.807) is 7.11 Å². The van der Waals surface area contributed by atoms with E-state index in [-0.39, 0.29) is 29.3 Å². The van der Waals surface area contributed by atoms with Gasteiger partial charge in [0.05, 0.1) is 19.1 Å². The van der Waals surface area contributed by atoms with Crippen molar-refractivity contribution in [1.82, 2.24) is 10.2 Å². The van der Waals surface area contributed by atoms with Gasteiger partial charge in [-0.3, -0.25) is 9.69 Å². The first kappa shape index (κ1) is 21.6. The van der Waals surface area contributed by atoms with E-state index in [2.05, 4.69) is 10.2 Å². The van der Waals surface area contributed by atoms with Crippen LogP contribution in [0.5, 0.6) is 11.5 Å². The van der Waals surface area contributed by atoms with Crippen molar-refractivity contribution in [2.24, 2.45) is 5.92 Å². The number of carbonyl (C=O) groups excluding carboxylic acids is 1. The minimum absolute atomic E-state index is 0.0609. The van der Waals surface area contributed by atoms with E-state index in [4.69, 9.17) is 9.47 Å². The number of amides is 1. The number of ether oxygens (including phenoxy) is 2. The van der Waals surface area contributed by atoms with E-state index in [0.29, 0.717) is 13.0 Å². The van der Waals surface area contributed by atoms with Crippen LogP contribution in [0.25, 0.3) is 0 Å². The summed E-state index contributed by atoms with van der Waals surface area (Å²) in [6, 6.07) is 12.2. The van der Waals surface area contributed by atoms with Crippen LogP contribution in [0, 0.1) is 11.7 Å². The van der Waals surface area contributed by atoms with Crippen LogP contribution >= 0.6 is 0 Å². The molecule has 2 aliphatic rings. The molecule has 1 saturated heterocycles. The highest BCUT2D eigenvalue weighted by atomic mass is 19.1. The lowest BCUT2D eigenvalue weighted by atomic mass is 9.88. The van der Waals surface area contributed by atoms with Crippen molar-refractivity contribution in [2.45, 2.75) is 51.3 Å². The van der Waals surface area contributed by atoms with Crippen molar-refractivity contribution in [3.05, 3.63) is 59.4 Å². The molecule has 0 aliphatic carbocycles. The van der Waals surface area contributed by atoms with Crippen molar-refractivity contribution in [3.8, 4) is 11.5 Å². The van der Waals surface area contributed by atoms with E-state index in [9.17, 15) is 9.18 Å². The highest BCUT2D eigenvalue weighted by molar-refractivity contribution is 5.79. The highest BCUT2D eigenvalue weighted by Gasteiger charge is 2.36. The molecule has 1 amide bonds. The molecule has 166 valence electrons. The zero-order chi connectivity index (χ0) is 22.0. The third-order valence-electron chi connectivity index (χ3n) is 6.19. The lowest BCUT2D eigenvalue weighted by molar-refractivity contribution is -0.128. The molecular weight excluding hydrogens is 395 g/mol. The van der Waals surface area contributed by atoms with E-state index < -0.39 is 0 Å². The lowest BCUT2D eigenvalue weighted by Gasteiger charge is -2.39. The number of likely N-dealkylation sites (tertiary alicyclic amines) is 1. The van der Waals surface area contributed by atoms with Crippen LogP contribution in [0.1, 0.15) is 50.3 Å². The standard InChI is InChI=1S/C25H31FN2O3/c1-25(2)14-22(21-13-20(30-3)10-11-23(21)31-25)27-24(29)18-5-4-12-28(16-18)15-17-6-8-19(26)9-7-17/h6-11,13,18,22H,4-5,12,14-16H2,1-3H3,(H,27,29)/t18-,22+/m1/s1. The Morgan fingerprint density at radius 1 is 1.26 bits per heavy atom. The number of nitrogens with zero attached hydrogens (tertiary/aromatic N) is 1. The Morgan fingerprint density at radius 3 is 2.77 bits per heavy atom. The van der Waals surface area contributed by atoms with E-state index in [0.717, 1.165) is 48.6 Å². The fourth-order valence-electron chi connectivity index (χ4n) is 4.64. The second-order valence-corrected chi connectivity index (χ2v) is 9.23. The quantitative estimate of drug-likeness (QED) is 0.767. The van der Waals surface area contributed by atoms with Crippen LogP contribution in [0.3, 0.4) is 0 Å². The summed E-state index contributed by atoms with van der Waals surface area (Å²) in [6.45, 7) is 6.48. The number of benzene rings is 2. The minimum Gasteiger partial charge on any atom is -0.497 e. The van der Waals surface area contributed by atoms with E-state index >= 15 is 0 Å². The monoisotopic (exact) mass is 426 g/mol. The molecular formula is C25H31FN2O3. The van der Waals surface area contributed by atoms with Gasteiger partial charge in [-0.15, -0.1) is 0 Å². The first-order valence-corrected chi connectivity index (χ1v) is 11.0. The summed E-state index contributed by atoms with van der Waals surface area (Å²) >= 11 is 0. The first-order valence-electron chi connectivity index (χ1n) is 11.0. The predicted molar refractivity (Wildman–Crippen MR) is 118 cm³/mol. The molecule has 2 aromatic rings. The van der Waals surface area contributed by atoms with E-state index in [1.165, 1.54) is 12.1 Å². The Morgan fingerprint density at radius 2 is 2.03 bits per heavy atom. The number of piperidine rings is 1. The van der Waals surface area contributed by atoms with Crippen molar-refractivity contribution in [3.63, 3.8) is 0 Å². The summed E-state index contributed by atoms with van der Waals surface area (Å²) in [6.07, 6.45) is 2.55. The Hall–Kier alpha value is -2.60. The topological polar surface area (TPSA) is 50.8 Å². The molecule has 1 fully saturated rings. The number of hydrogen-bond acceptors (Lipinski definition) is 4. The third kappa shape index (κ3) is 5.18. The number of rotatable bonds is 5. The van der Waals surface area contributed by atoms with Crippen molar-refractivity contribution in [1.29, 1.82) is 0 Å². The Bertz CT molecular complexity index is 929. The largest absolute Gasteiger partial charge is 0.497 e. The number of methoxy groups -OCH3 is 1. The maximum atomic E-state index is 13.2. The Labute approximate surface area is 183 Å². The molecule has 6 heteroatoms. The van der Waals surface area contributed by atoms with Crippen LogP contribution in [0.4, 0.5) is 4.39 Å². The molecule has 0 radical (unpaired) electrons. The molecule has 31 heavy (non-hydrogen) atoms. The number of hydrogen-bond donors (Lipinski definition) is 1. The molecule has 2 aromatic carbocycles. The zero-order valence-corrected chi connectivity index (χ0v) is 18.5. The molecule has 1 N–H and O–H groups in total. The SMILES string of the molecule is COc1ccc2c(c1)[C@@H](NC(=O)[C@@H]1CCCN(Cc3ccc(F)cc3)C1)CC(C)(C)O2. The number of halogens is 1. The molecule has 0 aromatic heterocycles. The van der Waals surface area contributed by atoms with E-state index in [1.807, 2.05) is 44.2 Å². The molecule has 2 aliphatic heterocycles. The van der Waals surface area contributed by atoms with Gasteiger partial charge in [0.1, 0.15) is 22.9 Å². The summed E-state index contributed by atoms with van der Waals surface area (Å²) in [5.41, 5.74) is 1.67. The fourth-order valence-corrected chi connectivity index (χ4v) is 4.64. The third-order valence-corrected chi connectivity index (χ3v) is 6.19. The van der Waals surface area contributed by atoms with Crippen LogP contribution in [-0.2, 0) is 11.3 Å². The summed E-state index contributed by atoms with van der Waals surface area (Å²) in [7, 11) is 1.64. The van der Waals surface area contributed by atoms with Gasteiger partial charge in [-0.1, -0.05) is 12.1 Å². The fraction of sp³-hybridized carbons (Fsp3) is 0.480. The highest BCUT2D eigenvalue weighted by Crippen LogP contribution is 2.41. The summed E-state index contributed by atoms with van der Waals surface area (Å²) < 4.78 is 24.7. The van der Waals surface area contributed by atoms with Gasteiger partial charge in [0.2, 0.25) is 5.91 Å². The molecule has 0 spiro atoms. The van der Waals surface area contributed by atoms with Crippen LogP contribution in [-0.4, -0.2) is 36.6 Å². The summed E-state index contributed by atoms with van der Waals surface area (Å²) in [4.78, 5) is 15.5. The van der Waals surface area contributed by atoms with Gasteiger partial charge < -0.3 is 14.8 Å². The molecule has 0 bridgehead atoms. The average Bonchev–Trinajstić information content (AvgIpc) is 2.74. The van der Waals surface area contributed by atoms with Crippen molar-refractivity contribution in [2.75, 3.05) is 20.2 Å². The van der Waals surface area contributed by atoms with Crippen LogP contribution in [0.2, 0.25) is 0 Å². The second-order valence-electron chi connectivity index (χ2n) is 9.23. The normalized spacial score (nSPS) is 22.8. The molecule has 0 saturated carbocycles. The van der Waals surface area contributed by atoms with Gasteiger partial charge in [0.15, 0.2) is 0 Å². The average molecular weight is 427 g/mol. The second kappa shape index (κ2) is 8.87. The predicted octanol–water partition coefficient (Wildman–Crippen LogP) is 4.46. The summed E-state index contributed by atoms with van der Waals surface area (Å²) in [5.74, 6) is 1.35. The van der Waals surface area contributed by atoms with Gasteiger partial charge in [-0.05, 0) is 69.1 Å². The first-order chi connectivity index (χ1) is 14.8. The van der Waals surface area contributed by atoms with Gasteiger partial charge in [0, 0.05) is 25.1 Å². The van der Waals surface area contributed by atoms with Gasteiger partial charge >= 0.3 is 0 Å². The molecule has 0 unspecified atom stereocenters. The smallest absolute Gasteiger partial charge is 0.224 e. The molecule has 2 heterocycles. The Balaban J connectivity index is 1.44. The van der Waals surface area contributed by atoms with Crippen molar-refractivity contribution >= 4 is 5.91 Å². The van der Waals surface area contributed by atoms with Gasteiger partial charge in [-0.25, -0.2) is 4.39 Å². The maximum absolute atomic E-state index is 13.2. The summed E-state index contributed by atoms with van der Waals surface area (Å²) in [5, 5.41) is 3.29. The van der Waals surface area contributed by atoms with Crippen LogP contribution in [0.15, 0.2) is 42.5 Å². The maximum Gasteiger partial charge on any atom is 0.224 e.